The van der Waals surface area contributed by atoms with Gasteiger partial charge in [0.15, 0.2) is 0 Å². The van der Waals surface area contributed by atoms with Crippen LogP contribution in [0, 0.1) is 11.8 Å². The van der Waals surface area contributed by atoms with Gasteiger partial charge in [0.05, 0.1) is 0 Å². The molecule has 0 heterocycles. The zero-order valence-corrected chi connectivity index (χ0v) is 6.61. The maximum absolute atomic E-state index is 4.57. The molecule has 3 rings (SSSR count). The molecule has 1 heteroatoms. The van der Waals surface area contributed by atoms with Crippen molar-refractivity contribution >= 4 is 12.6 Å². The van der Waals surface area contributed by atoms with E-state index in [-0.39, 0.29) is 0 Å². The van der Waals surface area contributed by atoms with Crippen molar-refractivity contribution in [1.29, 1.82) is 0 Å². The molecular formula is C8H14S. The summed E-state index contributed by atoms with van der Waals surface area (Å²) >= 11 is 4.57. The molecule has 9 heavy (non-hydrogen) atoms. The molecular weight excluding hydrogens is 128 g/mol. The van der Waals surface area contributed by atoms with Gasteiger partial charge in [0.25, 0.3) is 0 Å². The molecule has 0 nitrogen and oxygen atoms in total. The lowest BCUT2D eigenvalue weighted by atomic mass is 9.70. The summed E-state index contributed by atoms with van der Waals surface area (Å²) in [4.78, 5) is 0. The van der Waals surface area contributed by atoms with E-state index >= 15 is 0 Å². The molecule has 52 valence electrons. The molecule has 0 N–H and O–H groups in total. The molecule has 2 bridgehead atoms. The van der Waals surface area contributed by atoms with Crippen molar-refractivity contribution in [1.82, 2.24) is 0 Å². The molecule has 0 spiro atoms. The lowest BCUT2D eigenvalue weighted by Gasteiger charge is -2.40. The number of hydrogen-bond donors (Lipinski definition) is 1. The van der Waals surface area contributed by atoms with Gasteiger partial charge in [-0.25, -0.2) is 0 Å². The Labute approximate surface area is 62.4 Å². The first-order valence-electron chi connectivity index (χ1n) is 4.04. The second-order valence-electron chi connectivity index (χ2n) is 3.58. The van der Waals surface area contributed by atoms with Crippen LogP contribution in [0.5, 0.6) is 0 Å². The molecule has 0 radical (unpaired) electrons. The molecule has 0 aromatic carbocycles. The first-order chi connectivity index (χ1) is 4.36. The lowest BCUT2D eigenvalue weighted by Crippen LogP contribution is -2.31. The van der Waals surface area contributed by atoms with E-state index in [0.29, 0.717) is 0 Å². The molecule has 0 aromatic heterocycles. The first-order valence-corrected chi connectivity index (χ1v) is 4.56. The molecule has 0 aliphatic heterocycles. The number of hydrogen-bond acceptors (Lipinski definition) is 1. The molecule has 0 amide bonds. The summed E-state index contributed by atoms with van der Waals surface area (Å²) in [5, 5.41) is 0.762. The summed E-state index contributed by atoms with van der Waals surface area (Å²) in [6.45, 7) is 0. The molecule has 3 aliphatic carbocycles. The van der Waals surface area contributed by atoms with Crippen LogP contribution in [0.2, 0.25) is 0 Å². The molecule has 1 atom stereocenters. The molecule has 3 fully saturated rings. The van der Waals surface area contributed by atoms with Crippen LogP contribution >= 0.6 is 12.6 Å². The Morgan fingerprint density at radius 3 is 1.89 bits per heavy atom. The Morgan fingerprint density at radius 1 is 1.00 bits per heavy atom. The van der Waals surface area contributed by atoms with Crippen molar-refractivity contribution in [3.8, 4) is 0 Å². The average Bonchev–Trinajstić information content (AvgIpc) is 1.90. The zero-order valence-electron chi connectivity index (χ0n) is 5.71. The standard InChI is InChI=1S/C8H14S/c9-8-5-6-1-3-7(8)4-2-6/h6-9H,1-5H2. The van der Waals surface area contributed by atoms with Gasteiger partial charge in [0.1, 0.15) is 0 Å². The van der Waals surface area contributed by atoms with E-state index in [1.807, 2.05) is 0 Å². The van der Waals surface area contributed by atoms with Crippen molar-refractivity contribution in [2.45, 2.75) is 37.4 Å². The van der Waals surface area contributed by atoms with E-state index in [2.05, 4.69) is 12.6 Å². The van der Waals surface area contributed by atoms with Crippen molar-refractivity contribution in [3.63, 3.8) is 0 Å². The van der Waals surface area contributed by atoms with Gasteiger partial charge in [-0.3, -0.25) is 0 Å². The van der Waals surface area contributed by atoms with Crippen LogP contribution in [0.15, 0.2) is 0 Å². The Bertz CT molecular complexity index is 103. The van der Waals surface area contributed by atoms with Crippen LogP contribution in [0.4, 0.5) is 0 Å². The third-order valence-electron chi connectivity index (χ3n) is 3.01. The largest absolute Gasteiger partial charge is 0.176 e. The third kappa shape index (κ3) is 1.000. The quantitative estimate of drug-likeness (QED) is 0.494. The minimum atomic E-state index is 0.762. The molecule has 0 saturated heterocycles. The SMILES string of the molecule is SC1CC2CCC1CC2. The van der Waals surface area contributed by atoms with E-state index in [9.17, 15) is 0 Å². The third-order valence-corrected chi connectivity index (χ3v) is 3.64. The monoisotopic (exact) mass is 142 g/mol. The minimum absolute atomic E-state index is 0.762. The maximum atomic E-state index is 4.57. The fourth-order valence-electron chi connectivity index (χ4n) is 2.34. The lowest BCUT2D eigenvalue weighted by molar-refractivity contribution is 0.185. The fraction of sp³-hybridized carbons (Fsp3) is 1.00. The van der Waals surface area contributed by atoms with Crippen LogP contribution in [0.25, 0.3) is 0 Å². The van der Waals surface area contributed by atoms with E-state index in [1.165, 1.54) is 32.1 Å². The average molecular weight is 142 g/mol. The minimum Gasteiger partial charge on any atom is -0.176 e. The van der Waals surface area contributed by atoms with Gasteiger partial charge in [0, 0.05) is 5.25 Å². The predicted molar refractivity (Wildman–Crippen MR) is 42.8 cm³/mol. The normalized spacial score (nSPS) is 49.7. The maximum Gasteiger partial charge on any atom is 0.00477 e. The Hall–Kier alpha value is 0.350. The van der Waals surface area contributed by atoms with Gasteiger partial charge in [0.2, 0.25) is 0 Å². The molecule has 3 saturated carbocycles. The second kappa shape index (κ2) is 2.19. The molecule has 0 aromatic rings. The highest BCUT2D eigenvalue weighted by atomic mass is 32.1. The van der Waals surface area contributed by atoms with E-state index in [1.54, 1.807) is 0 Å². The van der Waals surface area contributed by atoms with Crippen molar-refractivity contribution in [2.24, 2.45) is 11.8 Å². The predicted octanol–water partition coefficient (Wildman–Crippen LogP) is 2.49. The Balaban J connectivity index is 2.06. The highest BCUT2D eigenvalue weighted by molar-refractivity contribution is 7.81. The van der Waals surface area contributed by atoms with Crippen molar-refractivity contribution in [2.75, 3.05) is 0 Å². The van der Waals surface area contributed by atoms with E-state index in [0.717, 1.165) is 17.1 Å². The number of rotatable bonds is 0. The van der Waals surface area contributed by atoms with Crippen molar-refractivity contribution < 1.29 is 0 Å². The van der Waals surface area contributed by atoms with Crippen LogP contribution in [0.3, 0.4) is 0 Å². The number of thiol groups is 1. The van der Waals surface area contributed by atoms with Gasteiger partial charge in [-0.1, -0.05) is 12.8 Å². The highest BCUT2D eigenvalue weighted by Crippen LogP contribution is 2.43. The van der Waals surface area contributed by atoms with Crippen LogP contribution in [0.1, 0.15) is 32.1 Å². The summed E-state index contributed by atoms with van der Waals surface area (Å²) in [5.74, 6) is 2.04. The summed E-state index contributed by atoms with van der Waals surface area (Å²) in [6.07, 6.45) is 7.36. The van der Waals surface area contributed by atoms with Crippen LogP contribution in [-0.2, 0) is 0 Å². The molecule has 1 unspecified atom stereocenters. The van der Waals surface area contributed by atoms with Gasteiger partial charge in [-0.05, 0) is 31.1 Å². The number of fused-ring (bicyclic) bond motifs is 3. The van der Waals surface area contributed by atoms with Crippen LogP contribution < -0.4 is 0 Å². The zero-order chi connectivity index (χ0) is 6.27. The summed E-state index contributed by atoms with van der Waals surface area (Å²) in [6, 6.07) is 0. The van der Waals surface area contributed by atoms with E-state index in [4.69, 9.17) is 0 Å². The van der Waals surface area contributed by atoms with Gasteiger partial charge in [-0.2, -0.15) is 12.6 Å². The van der Waals surface area contributed by atoms with Gasteiger partial charge in [-0.15, -0.1) is 0 Å². The summed E-state index contributed by atoms with van der Waals surface area (Å²) in [5.41, 5.74) is 0. The fourth-order valence-corrected chi connectivity index (χ4v) is 2.94. The topological polar surface area (TPSA) is 0 Å². The molecule has 3 aliphatic rings. The highest BCUT2D eigenvalue weighted by Gasteiger charge is 2.33. The smallest absolute Gasteiger partial charge is 0.00477 e. The Morgan fingerprint density at radius 2 is 1.67 bits per heavy atom. The van der Waals surface area contributed by atoms with E-state index < -0.39 is 0 Å². The first kappa shape index (κ1) is 6.09. The van der Waals surface area contributed by atoms with Gasteiger partial charge < -0.3 is 0 Å². The van der Waals surface area contributed by atoms with Gasteiger partial charge >= 0.3 is 0 Å². The van der Waals surface area contributed by atoms with Crippen molar-refractivity contribution in [3.05, 3.63) is 0 Å². The Kier molecular flexibility index (Phi) is 1.48. The second-order valence-corrected chi connectivity index (χ2v) is 4.25. The summed E-state index contributed by atoms with van der Waals surface area (Å²) in [7, 11) is 0. The van der Waals surface area contributed by atoms with Crippen LogP contribution in [-0.4, -0.2) is 5.25 Å². The summed E-state index contributed by atoms with van der Waals surface area (Å²) < 4.78 is 0.